The molecule has 0 aromatic heterocycles. The van der Waals surface area contributed by atoms with Crippen LogP contribution < -0.4 is 10.6 Å². The summed E-state index contributed by atoms with van der Waals surface area (Å²) in [6.07, 6.45) is 2.28. The number of nitrogens with one attached hydrogen (secondary N) is 2. The summed E-state index contributed by atoms with van der Waals surface area (Å²) < 4.78 is 6.33. The maximum absolute atomic E-state index is 5.19. The Bertz CT molecular complexity index is 604. The van der Waals surface area contributed by atoms with Gasteiger partial charge in [0.1, 0.15) is 0 Å². The van der Waals surface area contributed by atoms with Gasteiger partial charge in [0.25, 0.3) is 0 Å². The van der Waals surface area contributed by atoms with E-state index in [1.807, 2.05) is 0 Å². The second-order valence-corrected chi connectivity index (χ2v) is 8.67. The third-order valence-electron chi connectivity index (χ3n) is 5.12. The molecule has 0 atom stereocenters. The van der Waals surface area contributed by atoms with Crippen molar-refractivity contribution in [3.05, 3.63) is 34.3 Å². The lowest BCUT2D eigenvalue weighted by molar-refractivity contribution is 0.128. The van der Waals surface area contributed by atoms with Gasteiger partial charge in [0.15, 0.2) is 5.96 Å². The van der Waals surface area contributed by atoms with Crippen molar-refractivity contribution in [2.24, 2.45) is 4.99 Å². The highest BCUT2D eigenvalue weighted by Gasteiger charge is 2.24. The lowest BCUT2D eigenvalue weighted by atomic mass is 9.85. The van der Waals surface area contributed by atoms with E-state index in [-0.39, 0.29) is 29.4 Å². The lowest BCUT2D eigenvalue weighted by Gasteiger charge is -2.33. The van der Waals surface area contributed by atoms with E-state index in [1.165, 1.54) is 5.56 Å². The molecule has 1 aromatic rings. The second-order valence-electron chi connectivity index (χ2n) is 7.81. The van der Waals surface area contributed by atoms with Crippen LogP contribution in [0, 0.1) is 0 Å². The zero-order valence-electron chi connectivity index (χ0n) is 17.6. The first kappa shape index (κ1) is 25.7. The monoisotopic (exact) mass is 566 g/mol. The molecule has 5 nitrogen and oxygen atoms in total. The Morgan fingerprint density at radius 2 is 1.96 bits per heavy atom. The minimum Gasteiger partial charge on any atom is -0.383 e. The number of ether oxygens (including phenoxy) is 1. The molecule has 0 unspecified atom stereocenters. The van der Waals surface area contributed by atoms with Crippen molar-refractivity contribution in [3.8, 4) is 0 Å². The first-order valence-corrected chi connectivity index (χ1v) is 10.8. The first-order chi connectivity index (χ1) is 13.0. The van der Waals surface area contributed by atoms with Crippen LogP contribution in [0.4, 0.5) is 0 Å². The number of guanidine groups is 1. The summed E-state index contributed by atoms with van der Waals surface area (Å²) in [5, 5.41) is 7.05. The molecular formula is C21H36BrIN4O. The van der Waals surface area contributed by atoms with Crippen LogP contribution in [-0.4, -0.2) is 63.3 Å². The average Bonchev–Trinajstić information content (AvgIpc) is 2.66. The summed E-state index contributed by atoms with van der Waals surface area (Å²) >= 11 is 3.68. The number of methoxy groups -OCH3 is 1. The fourth-order valence-corrected chi connectivity index (χ4v) is 4.23. The van der Waals surface area contributed by atoms with Crippen molar-refractivity contribution >= 4 is 45.9 Å². The minimum atomic E-state index is -0.0358. The standard InChI is InChI=1S/C21H35BrN4O.HI/c1-5-23-20(25-17-10-12-26(13-11-17)14-15-27-4)24-16-21(2,3)18-8-6-7-9-19(18)22;/h6-9,17H,5,10-16H2,1-4H3,(H2,23,24,25);1H. The van der Waals surface area contributed by atoms with Crippen LogP contribution in [0.15, 0.2) is 33.7 Å². The number of nitrogens with zero attached hydrogens (tertiary/aromatic N) is 2. The van der Waals surface area contributed by atoms with Crippen molar-refractivity contribution in [3.63, 3.8) is 0 Å². The summed E-state index contributed by atoms with van der Waals surface area (Å²) in [7, 11) is 1.77. The van der Waals surface area contributed by atoms with Crippen molar-refractivity contribution in [1.29, 1.82) is 0 Å². The van der Waals surface area contributed by atoms with Crippen LogP contribution in [0.5, 0.6) is 0 Å². The molecule has 1 saturated heterocycles. The molecule has 1 aliphatic heterocycles. The number of halogens is 2. The van der Waals surface area contributed by atoms with Crippen LogP contribution in [-0.2, 0) is 10.2 Å². The maximum Gasteiger partial charge on any atom is 0.191 e. The van der Waals surface area contributed by atoms with Gasteiger partial charge in [-0.2, -0.15) is 0 Å². The molecule has 1 aliphatic rings. The molecule has 1 aromatic carbocycles. The number of aliphatic imine (C=N–C) groups is 1. The van der Waals surface area contributed by atoms with Crippen LogP contribution in [0.2, 0.25) is 0 Å². The van der Waals surface area contributed by atoms with Crippen molar-refractivity contribution in [2.45, 2.75) is 45.1 Å². The third kappa shape index (κ3) is 8.16. The van der Waals surface area contributed by atoms with Crippen LogP contribution >= 0.6 is 39.9 Å². The van der Waals surface area contributed by atoms with Crippen LogP contribution in [0.25, 0.3) is 0 Å². The van der Waals surface area contributed by atoms with Crippen molar-refractivity contribution in [1.82, 2.24) is 15.5 Å². The molecule has 7 heteroatoms. The van der Waals surface area contributed by atoms with E-state index in [0.29, 0.717) is 6.04 Å². The highest BCUT2D eigenvalue weighted by molar-refractivity contribution is 14.0. The Morgan fingerprint density at radius 3 is 2.57 bits per heavy atom. The van der Waals surface area contributed by atoms with Crippen molar-refractivity contribution in [2.75, 3.05) is 46.4 Å². The second kappa shape index (κ2) is 13.0. The lowest BCUT2D eigenvalue weighted by Crippen LogP contribution is -2.49. The quantitative estimate of drug-likeness (QED) is 0.284. The van der Waals surface area contributed by atoms with E-state index >= 15 is 0 Å². The molecule has 0 aliphatic carbocycles. The van der Waals surface area contributed by atoms with Crippen LogP contribution in [0.3, 0.4) is 0 Å². The van der Waals surface area contributed by atoms with E-state index < -0.39 is 0 Å². The molecule has 28 heavy (non-hydrogen) atoms. The SMILES string of the molecule is CCNC(=NCC(C)(C)c1ccccc1Br)NC1CCN(CCOC)CC1.I. The molecule has 1 heterocycles. The summed E-state index contributed by atoms with van der Waals surface area (Å²) in [4.78, 5) is 7.38. The van der Waals surface area contributed by atoms with Gasteiger partial charge >= 0.3 is 0 Å². The highest BCUT2D eigenvalue weighted by Crippen LogP contribution is 2.30. The molecule has 0 saturated carbocycles. The Labute approximate surface area is 196 Å². The van der Waals surface area contributed by atoms with Gasteiger partial charge in [-0.05, 0) is 31.4 Å². The largest absolute Gasteiger partial charge is 0.383 e. The predicted molar refractivity (Wildman–Crippen MR) is 133 cm³/mol. The van der Waals surface area contributed by atoms with Crippen LogP contribution in [0.1, 0.15) is 39.2 Å². The summed E-state index contributed by atoms with van der Waals surface area (Å²) in [6.45, 7) is 12.3. The molecule has 2 N–H and O–H groups in total. The van der Waals surface area contributed by atoms with Gasteiger partial charge < -0.3 is 20.3 Å². The summed E-state index contributed by atoms with van der Waals surface area (Å²) in [5.74, 6) is 0.924. The molecule has 2 rings (SSSR count). The van der Waals surface area contributed by atoms with Gasteiger partial charge in [0.05, 0.1) is 13.2 Å². The fourth-order valence-electron chi connectivity index (χ4n) is 3.41. The van der Waals surface area contributed by atoms with E-state index in [4.69, 9.17) is 9.73 Å². The number of hydrogen-bond acceptors (Lipinski definition) is 3. The molecule has 1 fully saturated rings. The molecule has 0 bridgehead atoms. The molecule has 0 amide bonds. The number of hydrogen-bond donors (Lipinski definition) is 2. The van der Waals surface area contributed by atoms with Gasteiger partial charge in [-0.3, -0.25) is 4.99 Å². The maximum atomic E-state index is 5.19. The number of benzene rings is 1. The van der Waals surface area contributed by atoms with Gasteiger partial charge in [-0.15, -0.1) is 24.0 Å². The topological polar surface area (TPSA) is 48.9 Å². The number of likely N-dealkylation sites (tertiary alicyclic amines) is 1. The highest BCUT2D eigenvalue weighted by atomic mass is 127. The fraction of sp³-hybridized carbons (Fsp3) is 0.667. The summed E-state index contributed by atoms with van der Waals surface area (Å²) in [6, 6.07) is 8.90. The van der Waals surface area contributed by atoms with Gasteiger partial charge in [0, 0.05) is 49.2 Å². The molecule has 0 spiro atoms. The Hall–Kier alpha value is -0.380. The molecular weight excluding hydrogens is 531 g/mol. The average molecular weight is 567 g/mol. The van der Waals surface area contributed by atoms with Gasteiger partial charge in [-0.25, -0.2) is 0 Å². The molecule has 160 valence electrons. The normalized spacial score (nSPS) is 16.5. The number of rotatable bonds is 8. The predicted octanol–water partition coefficient (Wildman–Crippen LogP) is 4.01. The van der Waals surface area contributed by atoms with E-state index in [2.05, 4.69) is 76.5 Å². The third-order valence-corrected chi connectivity index (χ3v) is 5.81. The van der Waals surface area contributed by atoms with Gasteiger partial charge in [0.2, 0.25) is 0 Å². The number of piperidine rings is 1. The minimum absolute atomic E-state index is 0. The smallest absolute Gasteiger partial charge is 0.191 e. The Kier molecular flexibility index (Phi) is 11.9. The van der Waals surface area contributed by atoms with Gasteiger partial charge in [-0.1, -0.05) is 48.0 Å². The van der Waals surface area contributed by atoms with E-state index in [1.54, 1.807) is 7.11 Å². The zero-order valence-corrected chi connectivity index (χ0v) is 21.5. The van der Waals surface area contributed by atoms with Crippen molar-refractivity contribution < 1.29 is 4.74 Å². The Balaban J connectivity index is 0.00000392. The molecule has 0 radical (unpaired) electrons. The van der Waals surface area contributed by atoms with E-state index in [0.717, 1.165) is 62.6 Å². The van der Waals surface area contributed by atoms with E-state index in [9.17, 15) is 0 Å². The zero-order chi connectivity index (χ0) is 19.7. The summed E-state index contributed by atoms with van der Waals surface area (Å²) in [5.41, 5.74) is 1.25. The first-order valence-electron chi connectivity index (χ1n) is 9.97. The Morgan fingerprint density at radius 1 is 1.29 bits per heavy atom.